The van der Waals surface area contributed by atoms with E-state index in [4.69, 9.17) is 0 Å². The maximum atomic E-state index is 2.49. The molecule has 4 bridgehead atoms. The standard InChI is InChI=1S/C56H47N.C46H33N/c1-3-9-42(10-4-1)44-17-25-51(26-18-44)57(52-27-19-45(20-28-52)43-11-5-2-6-12-43)53-29-21-46(22-30-53)49-34-48-13-7-8-14-54(48)55(35-49)47-15-23-50(24-16-47)56-36-39-31-40(37-56)33-41(32-39)38-56;1-4-12-34(13-5-1)36-20-26-42(27-21-36)47(43-28-22-37(23-29-43)35-14-6-2-7-15-35)44-30-24-38(25-31-44)41-32-40-18-10-11-19-45(40)46(33-41)39-16-8-3-9-17-39/h1-30,34-35,39-41H,31-33,36-38H2;1-33H. The Kier molecular flexibility index (Phi) is 17.3. The number of fused-ring (bicyclic) bond motifs is 2. The van der Waals surface area contributed by atoms with Crippen LogP contribution in [0.15, 0.2) is 394 Å². The van der Waals surface area contributed by atoms with Crippen molar-refractivity contribution in [1.82, 2.24) is 0 Å². The zero-order valence-corrected chi connectivity index (χ0v) is 58.4. The summed E-state index contributed by atoms with van der Waals surface area (Å²) in [7, 11) is 0. The summed E-state index contributed by atoms with van der Waals surface area (Å²) in [4.78, 5) is 4.70. The fourth-order valence-corrected chi connectivity index (χ4v) is 17.8. The monoisotopic (exact) mass is 1330 g/mol. The summed E-state index contributed by atoms with van der Waals surface area (Å²) >= 11 is 0. The van der Waals surface area contributed by atoms with E-state index in [1.807, 2.05) is 0 Å². The normalized spacial score (nSPS) is 16.4. The van der Waals surface area contributed by atoms with Crippen molar-refractivity contribution >= 4 is 55.7 Å². The van der Waals surface area contributed by atoms with E-state index in [-0.39, 0.29) is 0 Å². The molecule has 104 heavy (non-hydrogen) atoms. The van der Waals surface area contributed by atoms with Crippen LogP contribution in [0.25, 0.3) is 111 Å². The van der Waals surface area contributed by atoms with E-state index in [0.29, 0.717) is 5.41 Å². The Morgan fingerprint density at radius 1 is 0.192 bits per heavy atom. The largest absolute Gasteiger partial charge is 0.311 e. The maximum absolute atomic E-state index is 2.49. The second-order valence-corrected chi connectivity index (χ2v) is 29.0. The first-order chi connectivity index (χ1) is 51.4. The molecule has 0 spiro atoms. The van der Waals surface area contributed by atoms with Gasteiger partial charge in [-0.2, -0.15) is 0 Å². The van der Waals surface area contributed by atoms with Crippen LogP contribution in [0.5, 0.6) is 0 Å². The molecule has 4 aliphatic rings. The van der Waals surface area contributed by atoms with Gasteiger partial charge in [0, 0.05) is 34.1 Å². The van der Waals surface area contributed by atoms with Gasteiger partial charge in [0.05, 0.1) is 0 Å². The highest BCUT2D eigenvalue weighted by molar-refractivity contribution is 6.02. The lowest BCUT2D eigenvalue weighted by Crippen LogP contribution is -2.48. The quantitative estimate of drug-likeness (QED) is 0.101. The highest BCUT2D eigenvalue weighted by atomic mass is 15.1. The molecule has 0 aliphatic heterocycles. The van der Waals surface area contributed by atoms with Crippen molar-refractivity contribution in [1.29, 1.82) is 0 Å². The van der Waals surface area contributed by atoms with Crippen LogP contribution in [0, 0.1) is 17.8 Å². The molecular weight excluding hydrogens is 1250 g/mol. The Bertz CT molecular complexity index is 5400. The molecule has 4 aliphatic carbocycles. The first-order valence-electron chi connectivity index (χ1n) is 37.1. The molecule has 498 valence electrons. The van der Waals surface area contributed by atoms with Gasteiger partial charge in [-0.1, -0.05) is 297 Å². The van der Waals surface area contributed by atoms with Gasteiger partial charge in [-0.05, 0) is 275 Å². The summed E-state index contributed by atoms with van der Waals surface area (Å²) in [5.41, 5.74) is 28.4. The topological polar surface area (TPSA) is 6.48 Å². The van der Waals surface area contributed by atoms with Gasteiger partial charge >= 0.3 is 0 Å². The number of nitrogens with zero attached hydrogens (tertiary/aromatic N) is 2. The van der Waals surface area contributed by atoms with Gasteiger partial charge in [0.15, 0.2) is 0 Å². The van der Waals surface area contributed by atoms with Gasteiger partial charge in [0.2, 0.25) is 0 Å². The summed E-state index contributed by atoms with van der Waals surface area (Å²) in [5.74, 6) is 2.86. The fourth-order valence-electron chi connectivity index (χ4n) is 17.8. The predicted molar refractivity (Wildman–Crippen MR) is 441 cm³/mol. The molecule has 0 unspecified atom stereocenters. The third kappa shape index (κ3) is 13.0. The lowest BCUT2D eigenvalue weighted by atomic mass is 9.48. The van der Waals surface area contributed by atoms with Crippen molar-refractivity contribution in [3.05, 3.63) is 400 Å². The van der Waals surface area contributed by atoms with Crippen LogP contribution in [-0.2, 0) is 5.41 Å². The smallest absolute Gasteiger partial charge is 0.0462 e. The summed E-state index contributed by atoms with van der Waals surface area (Å²) in [5, 5.41) is 5.09. The molecule has 0 aromatic heterocycles. The fraction of sp³-hybridized carbons (Fsp3) is 0.0980. The van der Waals surface area contributed by atoms with E-state index < -0.39 is 0 Å². The van der Waals surface area contributed by atoms with Crippen molar-refractivity contribution in [3.8, 4) is 89.0 Å². The van der Waals surface area contributed by atoms with Crippen molar-refractivity contribution in [3.63, 3.8) is 0 Å². The second-order valence-electron chi connectivity index (χ2n) is 29.0. The summed E-state index contributed by atoms with van der Waals surface area (Å²) in [6, 6.07) is 144. The van der Waals surface area contributed by atoms with Crippen LogP contribution in [0.3, 0.4) is 0 Å². The highest BCUT2D eigenvalue weighted by Gasteiger charge is 2.51. The van der Waals surface area contributed by atoms with Gasteiger partial charge in [-0.15, -0.1) is 0 Å². The van der Waals surface area contributed by atoms with E-state index in [1.54, 1.807) is 5.56 Å². The van der Waals surface area contributed by atoms with E-state index >= 15 is 0 Å². The molecule has 4 saturated carbocycles. The van der Waals surface area contributed by atoms with Gasteiger partial charge in [0.1, 0.15) is 0 Å². The van der Waals surface area contributed by atoms with Crippen LogP contribution in [0.4, 0.5) is 34.1 Å². The van der Waals surface area contributed by atoms with Gasteiger partial charge < -0.3 is 9.80 Å². The van der Waals surface area contributed by atoms with E-state index in [2.05, 4.69) is 404 Å². The Hall–Kier alpha value is -12.4. The first-order valence-corrected chi connectivity index (χ1v) is 37.1. The molecule has 0 saturated heterocycles. The number of rotatable bonds is 15. The van der Waals surface area contributed by atoms with E-state index in [9.17, 15) is 0 Å². The zero-order valence-electron chi connectivity index (χ0n) is 58.4. The highest BCUT2D eigenvalue weighted by Crippen LogP contribution is 2.61. The summed E-state index contributed by atoms with van der Waals surface area (Å²) in [6.07, 6.45) is 8.67. The number of benzene rings is 16. The summed E-state index contributed by atoms with van der Waals surface area (Å²) < 4.78 is 0. The minimum Gasteiger partial charge on any atom is -0.311 e. The molecule has 0 N–H and O–H groups in total. The molecule has 2 nitrogen and oxygen atoms in total. The molecular formula is C102H80N2. The van der Waals surface area contributed by atoms with Crippen LogP contribution in [0.1, 0.15) is 44.1 Å². The molecule has 4 fully saturated rings. The lowest BCUT2D eigenvalue weighted by Gasteiger charge is -2.57. The predicted octanol–water partition coefficient (Wildman–Crippen LogP) is 28.4. The molecule has 20 rings (SSSR count). The number of anilines is 6. The maximum Gasteiger partial charge on any atom is 0.0462 e. The van der Waals surface area contributed by atoms with E-state index in [0.717, 1.165) is 51.9 Å². The third-order valence-corrected chi connectivity index (χ3v) is 22.5. The molecule has 16 aromatic rings. The minimum atomic E-state index is 0.417. The number of hydrogen-bond acceptors (Lipinski definition) is 2. The molecule has 16 aromatic carbocycles. The van der Waals surface area contributed by atoms with Crippen molar-refractivity contribution in [2.75, 3.05) is 9.80 Å². The van der Waals surface area contributed by atoms with Crippen molar-refractivity contribution in [2.45, 2.75) is 43.9 Å². The van der Waals surface area contributed by atoms with Crippen molar-refractivity contribution in [2.24, 2.45) is 17.8 Å². The summed E-state index contributed by atoms with van der Waals surface area (Å²) in [6.45, 7) is 0. The van der Waals surface area contributed by atoms with Crippen molar-refractivity contribution < 1.29 is 0 Å². The minimum absolute atomic E-state index is 0.417. The molecule has 0 atom stereocenters. The second kappa shape index (κ2) is 28.2. The Morgan fingerprint density at radius 3 is 0.702 bits per heavy atom. The average Bonchev–Trinajstić information content (AvgIpc) is 0.736. The van der Waals surface area contributed by atoms with Crippen LogP contribution < -0.4 is 9.80 Å². The van der Waals surface area contributed by atoms with Crippen LogP contribution >= 0.6 is 0 Å². The van der Waals surface area contributed by atoms with Gasteiger partial charge in [-0.25, -0.2) is 0 Å². The van der Waals surface area contributed by atoms with Gasteiger partial charge in [-0.3, -0.25) is 0 Å². The van der Waals surface area contributed by atoms with Crippen LogP contribution in [-0.4, -0.2) is 0 Å². The third-order valence-electron chi connectivity index (χ3n) is 22.5. The Balaban J connectivity index is 0.000000151. The molecule has 0 amide bonds. The van der Waals surface area contributed by atoms with Crippen LogP contribution in [0.2, 0.25) is 0 Å². The Labute approximate surface area is 612 Å². The Morgan fingerprint density at radius 2 is 0.413 bits per heavy atom. The first kappa shape index (κ1) is 63.8. The molecule has 0 radical (unpaired) electrons. The molecule has 0 heterocycles. The van der Waals surface area contributed by atoms with Gasteiger partial charge in [0.25, 0.3) is 0 Å². The average molecular weight is 1330 g/mol. The lowest BCUT2D eigenvalue weighted by molar-refractivity contribution is -0.00518. The zero-order chi connectivity index (χ0) is 69.2. The van der Waals surface area contributed by atoms with E-state index in [1.165, 1.54) is 149 Å². The SMILES string of the molecule is c1ccc(-c2ccc(N(c3ccc(-c4ccccc4)cc3)c3ccc(-c4cc(-c5ccc(C67CC8CC(CC(C8)C6)C7)cc5)c5ccccc5c4)cc3)cc2)cc1.c1ccc(-c2ccc(N(c3ccc(-c4ccccc4)cc3)c3ccc(-c4cc(-c5ccccc5)c5ccccc5c4)cc3)cc2)cc1. The number of hydrogen-bond donors (Lipinski definition) is 0. The molecule has 2 heteroatoms.